The molecule has 0 bridgehead atoms. The number of fused-ring (bicyclic) bond motifs is 1. The topological polar surface area (TPSA) is 20.2 Å². The average Bonchev–Trinajstić information content (AvgIpc) is 2.96. The zero-order valence-electron chi connectivity index (χ0n) is 11.8. The number of nitrogens with zero attached hydrogens (tertiary/aromatic N) is 2. The Kier molecular flexibility index (Phi) is 3.57. The van der Waals surface area contributed by atoms with Gasteiger partial charge >= 0.3 is 6.18 Å². The number of hydrogen-bond donors (Lipinski definition) is 1. The fourth-order valence-corrected chi connectivity index (χ4v) is 2.95. The Morgan fingerprint density at radius 3 is 2.76 bits per heavy atom. The summed E-state index contributed by atoms with van der Waals surface area (Å²) in [5, 5.41) is 4.30. The molecule has 0 saturated carbocycles. The molecule has 0 spiro atoms. The van der Waals surface area contributed by atoms with Gasteiger partial charge in [-0.25, -0.2) is 0 Å². The number of anilines is 1. The van der Waals surface area contributed by atoms with Crippen LogP contribution in [0.25, 0.3) is 10.9 Å². The van der Waals surface area contributed by atoms with Gasteiger partial charge in [-0.05, 0) is 38.2 Å². The Morgan fingerprint density at radius 2 is 2.10 bits per heavy atom. The average molecular weight is 297 g/mol. The highest BCUT2D eigenvalue weighted by Gasteiger charge is 2.28. The first-order chi connectivity index (χ1) is 9.92. The molecule has 1 fully saturated rings. The zero-order valence-corrected chi connectivity index (χ0v) is 11.8. The van der Waals surface area contributed by atoms with E-state index < -0.39 is 12.7 Å². The summed E-state index contributed by atoms with van der Waals surface area (Å²) >= 11 is 0. The second kappa shape index (κ2) is 5.26. The van der Waals surface area contributed by atoms with Gasteiger partial charge in [0.15, 0.2) is 0 Å². The van der Waals surface area contributed by atoms with Crippen LogP contribution in [0.5, 0.6) is 0 Å². The number of hydrogen-bond acceptors (Lipinski definition) is 2. The van der Waals surface area contributed by atoms with Crippen LogP contribution < -0.4 is 5.32 Å². The van der Waals surface area contributed by atoms with E-state index in [-0.39, 0.29) is 0 Å². The number of benzene rings is 1. The second-order valence-corrected chi connectivity index (χ2v) is 5.69. The van der Waals surface area contributed by atoms with Gasteiger partial charge in [0.1, 0.15) is 6.54 Å². The lowest BCUT2D eigenvalue weighted by Crippen LogP contribution is -2.23. The van der Waals surface area contributed by atoms with Crippen molar-refractivity contribution in [2.75, 3.05) is 25.5 Å². The van der Waals surface area contributed by atoms with E-state index in [1.54, 1.807) is 18.2 Å². The number of rotatable bonds is 3. The Bertz CT molecular complexity index is 633. The predicted molar refractivity (Wildman–Crippen MR) is 77.5 cm³/mol. The molecule has 21 heavy (non-hydrogen) atoms. The molecule has 1 atom stereocenters. The molecule has 1 aromatic heterocycles. The van der Waals surface area contributed by atoms with Gasteiger partial charge in [-0.2, -0.15) is 13.2 Å². The molecule has 3 rings (SSSR count). The molecule has 1 aliphatic rings. The third-order valence-electron chi connectivity index (χ3n) is 3.91. The Balaban J connectivity index is 1.87. The number of halogens is 3. The van der Waals surface area contributed by atoms with Gasteiger partial charge in [0.25, 0.3) is 0 Å². The third-order valence-corrected chi connectivity index (χ3v) is 3.91. The standard InChI is InChI=1S/C15H18F3N3/c1-20-7-5-11(9-20)19-13-3-2-4-14-12(13)6-8-21(14)10-15(16,17)18/h2-4,6,8,11,19H,5,7,9-10H2,1H3. The molecule has 114 valence electrons. The van der Waals surface area contributed by atoms with Gasteiger partial charge < -0.3 is 14.8 Å². The normalized spacial score (nSPS) is 20.3. The lowest BCUT2D eigenvalue weighted by atomic mass is 10.2. The number of aromatic nitrogens is 1. The van der Waals surface area contributed by atoms with Gasteiger partial charge in [-0.1, -0.05) is 6.07 Å². The summed E-state index contributed by atoms with van der Waals surface area (Å²) in [6, 6.07) is 7.57. The van der Waals surface area contributed by atoms with E-state index in [2.05, 4.69) is 17.3 Å². The minimum Gasteiger partial charge on any atom is -0.380 e. The molecule has 1 N–H and O–H groups in total. The van der Waals surface area contributed by atoms with Gasteiger partial charge in [0.2, 0.25) is 0 Å². The number of alkyl halides is 3. The summed E-state index contributed by atoms with van der Waals surface area (Å²) in [5.74, 6) is 0. The summed E-state index contributed by atoms with van der Waals surface area (Å²) in [6.45, 7) is 1.05. The van der Waals surface area contributed by atoms with Crippen molar-refractivity contribution in [3.8, 4) is 0 Å². The van der Waals surface area contributed by atoms with Gasteiger partial charge in [-0.15, -0.1) is 0 Å². The van der Waals surface area contributed by atoms with Crippen LogP contribution in [0.15, 0.2) is 30.5 Å². The van der Waals surface area contributed by atoms with E-state index in [4.69, 9.17) is 0 Å². The fraction of sp³-hybridized carbons (Fsp3) is 0.467. The first-order valence-corrected chi connectivity index (χ1v) is 7.02. The lowest BCUT2D eigenvalue weighted by molar-refractivity contribution is -0.139. The maximum atomic E-state index is 12.6. The summed E-state index contributed by atoms with van der Waals surface area (Å²) in [4.78, 5) is 2.24. The van der Waals surface area contributed by atoms with Crippen molar-refractivity contribution in [3.05, 3.63) is 30.5 Å². The van der Waals surface area contributed by atoms with Crippen LogP contribution in [0.2, 0.25) is 0 Å². The van der Waals surface area contributed by atoms with Crippen molar-refractivity contribution in [3.63, 3.8) is 0 Å². The van der Waals surface area contributed by atoms with Gasteiger partial charge in [-0.3, -0.25) is 0 Å². The highest BCUT2D eigenvalue weighted by Crippen LogP contribution is 2.28. The summed E-state index contributed by atoms with van der Waals surface area (Å²) < 4.78 is 39.0. The maximum Gasteiger partial charge on any atom is 0.406 e. The summed E-state index contributed by atoms with van der Waals surface area (Å²) in [5.41, 5.74) is 1.53. The summed E-state index contributed by atoms with van der Waals surface area (Å²) in [7, 11) is 2.07. The van der Waals surface area contributed by atoms with E-state index in [0.29, 0.717) is 11.6 Å². The second-order valence-electron chi connectivity index (χ2n) is 5.69. The molecule has 2 heterocycles. The fourth-order valence-electron chi connectivity index (χ4n) is 2.95. The number of likely N-dealkylation sites (tertiary alicyclic amines) is 1. The van der Waals surface area contributed by atoms with Crippen molar-refractivity contribution in [1.82, 2.24) is 9.47 Å². The molecule has 1 saturated heterocycles. The van der Waals surface area contributed by atoms with Crippen LogP contribution in [0.3, 0.4) is 0 Å². The van der Waals surface area contributed by atoms with Crippen molar-refractivity contribution in [1.29, 1.82) is 0 Å². The Morgan fingerprint density at radius 1 is 1.29 bits per heavy atom. The van der Waals surface area contributed by atoms with Crippen LogP contribution in [0.4, 0.5) is 18.9 Å². The van der Waals surface area contributed by atoms with Crippen molar-refractivity contribution >= 4 is 16.6 Å². The van der Waals surface area contributed by atoms with Gasteiger partial charge in [0.05, 0.1) is 5.52 Å². The van der Waals surface area contributed by atoms with Crippen LogP contribution in [0, 0.1) is 0 Å². The first-order valence-electron chi connectivity index (χ1n) is 7.02. The molecular formula is C15H18F3N3. The van der Waals surface area contributed by atoms with Crippen LogP contribution >= 0.6 is 0 Å². The van der Waals surface area contributed by atoms with E-state index in [1.807, 2.05) is 6.07 Å². The minimum absolute atomic E-state index is 0.353. The molecule has 6 heteroatoms. The SMILES string of the molecule is CN1CCC(Nc2cccc3c2ccn3CC(F)(F)F)C1. The van der Waals surface area contributed by atoms with Gasteiger partial charge in [0, 0.05) is 29.9 Å². The molecule has 1 aromatic carbocycles. The molecule has 1 unspecified atom stereocenters. The monoisotopic (exact) mass is 297 g/mol. The Hall–Kier alpha value is -1.69. The molecule has 3 nitrogen and oxygen atoms in total. The van der Waals surface area contributed by atoms with Crippen molar-refractivity contribution in [2.24, 2.45) is 0 Å². The minimum atomic E-state index is -4.20. The third kappa shape index (κ3) is 3.15. The van der Waals surface area contributed by atoms with E-state index >= 15 is 0 Å². The van der Waals surface area contributed by atoms with E-state index in [1.165, 1.54) is 10.8 Å². The highest BCUT2D eigenvalue weighted by molar-refractivity contribution is 5.92. The number of nitrogens with one attached hydrogen (secondary N) is 1. The molecule has 1 aliphatic heterocycles. The van der Waals surface area contributed by atoms with Crippen molar-refractivity contribution in [2.45, 2.75) is 25.2 Å². The summed E-state index contributed by atoms with van der Waals surface area (Å²) in [6.07, 6.45) is -1.65. The largest absolute Gasteiger partial charge is 0.406 e. The van der Waals surface area contributed by atoms with Crippen LogP contribution in [-0.2, 0) is 6.54 Å². The molecule has 0 amide bonds. The number of likely N-dealkylation sites (N-methyl/N-ethyl adjacent to an activating group) is 1. The van der Waals surface area contributed by atoms with Crippen LogP contribution in [-0.4, -0.2) is 41.8 Å². The molecular weight excluding hydrogens is 279 g/mol. The predicted octanol–water partition coefficient (Wildman–Crippen LogP) is 3.32. The Labute approximate surface area is 121 Å². The molecule has 0 aliphatic carbocycles. The quantitative estimate of drug-likeness (QED) is 0.938. The molecule has 2 aromatic rings. The first kappa shape index (κ1) is 14.3. The molecule has 0 radical (unpaired) electrons. The van der Waals surface area contributed by atoms with E-state index in [9.17, 15) is 13.2 Å². The van der Waals surface area contributed by atoms with Crippen molar-refractivity contribution < 1.29 is 13.2 Å². The van der Waals surface area contributed by atoms with Crippen LogP contribution in [0.1, 0.15) is 6.42 Å². The lowest BCUT2D eigenvalue weighted by Gasteiger charge is -2.15. The highest BCUT2D eigenvalue weighted by atomic mass is 19.4. The smallest absolute Gasteiger partial charge is 0.380 e. The zero-order chi connectivity index (χ0) is 15.0. The van der Waals surface area contributed by atoms with E-state index in [0.717, 1.165) is 30.6 Å². The maximum absolute atomic E-state index is 12.6.